The molecule has 8 heteroatoms. The fourth-order valence-corrected chi connectivity index (χ4v) is 4.53. The van der Waals surface area contributed by atoms with Gasteiger partial charge in [0, 0.05) is 19.2 Å². The van der Waals surface area contributed by atoms with Crippen LogP contribution in [0.4, 0.5) is 0 Å². The number of nitrogens with zero attached hydrogens (tertiary/aromatic N) is 4. The number of esters is 1. The van der Waals surface area contributed by atoms with Crippen molar-refractivity contribution in [2.75, 3.05) is 18.9 Å². The minimum absolute atomic E-state index is 0.0677. The van der Waals surface area contributed by atoms with Gasteiger partial charge in [0.1, 0.15) is 6.04 Å². The number of carbonyl (C=O) groups excluding carboxylic acids is 2. The van der Waals surface area contributed by atoms with E-state index in [0.29, 0.717) is 24.7 Å². The zero-order chi connectivity index (χ0) is 22.6. The van der Waals surface area contributed by atoms with Crippen LogP contribution in [0.2, 0.25) is 0 Å². The molecule has 0 bridgehead atoms. The Morgan fingerprint density at radius 3 is 2.52 bits per heavy atom. The molecule has 0 aliphatic carbocycles. The van der Waals surface area contributed by atoms with Gasteiger partial charge in [-0.05, 0) is 37.2 Å². The molecular formula is C23H32N4O3S. The van der Waals surface area contributed by atoms with E-state index in [2.05, 4.69) is 55.2 Å². The molecule has 0 saturated carbocycles. The zero-order valence-corrected chi connectivity index (χ0v) is 19.9. The van der Waals surface area contributed by atoms with Crippen LogP contribution in [0.15, 0.2) is 29.4 Å². The number of amides is 1. The molecule has 1 aliphatic heterocycles. The van der Waals surface area contributed by atoms with E-state index in [0.717, 1.165) is 24.2 Å². The molecule has 2 aromatic rings. The summed E-state index contributed by atoms with van der Waals surface area (Å²) in [6.07, 6.45) is 2.50. The topological polar surface area (TPSA) is 77.3 Å². The molecule has 0 N–H and O–H groups in total. The summed E-state index contributed by atoms with van der Waals surface area (Å²) in [6.45, 7) is 9.25. The molecule has 168 valence electrons. The fraction of sp³-hybridized carbons (Fsp3) is 0.565. The van der Waals surface area contributed by atoms with E-state index in [1.165, 1.54) is 17.3 Å². The lowest BCUT2D eigenvalue weighted by Gasteiger charge is -2.33. The second kappa shape index (κ2) is 9.85. The van der Waals surface area contributed by atoms with Crippen molar-refractivity contribution < 1.29 is 14.3 Å². The summed E-state index contributed by atoms with van der Waals surface area (Å²) in [5.74, 6) is 0.602. The van der Waals surface area contributed by atoms with Gasteiger partial charge in [0.15, 0.2) is 11.0 Å². The van der Waals surface area contributed by atoms with Crippen molar-refractivity contribution in [1.82, 2.24) is 19.7 Å². The maximum Gasteiger partial charge on any atom is 0.328 e. The fourth-order valence-electron chi connectivity index (χ4n) is 3.73. The van der Waals surface area contributed by atoms with Gasteiger partial charge in [0.2, 0.25) is 5.91 Å². The molecule has 1 aromatic heterocycles. The van der Waals surface area contributed by atoms with Gasteiger partial charge in [-0.25, -0.2) is 4.79 Å². The van der Waals surface area contributed by atoms with Gasteiger partial charge in [-0.1, -0.05) is 56.8 Å². The van der Waals surface area contributed by atoms with Gasteiger partial charge in [0.05, 0.1) is 12.4 Å². The van der Waals surface area contributed by atoms with Crippen molar-refractivity contribution in [3.8, 4) is 11.4 Å². The van der Waals surface area contributed by atoms with Gasteiger partial charge in [-0.3, -0.25) is 4.79 Å². The van der Waals surface area contributed by atoms with Crippen LogP contribution in [0.25, 0.3) is 11.4 Å². The molecule has 0 radical (unpaired) electrons. The number of aromatic nitrogens is 3. The van der Waals surface area contributed by atoms with Crippen molar-refractivity contribution in [3.05, 3.63) is 29.8 Å². The summed E-state index contributed by atoms with van der Waals surface area (Å²) in [5, 5.41) is 9.28. The first kappa shape index (κ1) is 23.3. The highest BCUT2D eigenvalue weighted by molar-refractivity contribution is 7.99. The monoisotopic (exact) mass is 444 g/mol. The summed E-state index contributed by atoms with van der Waals surface area (Å²) in [4.78, 5) is 26.8. The second-order valence-electron chi connectivity index (χ2n) is 8.83. The third-order valence-corrected chi connectivity index (χ3v) is 6.56. The summed E-state index contributed by atoms with van der Waals surface area (Å²) in [5.41, 5.74) is 2.34. The number of piperidine rings is 1. The third kappa shape index (κ3) is 5.47. The average Bonchev–Trinajstić information content (AvgIpc) is 3.12. The molecule has 1 fully saturated rings. The number of rotatable bonds is 6. The van der Waals surface area contributed by atoms with Crippen LogP contribution >= 0.6 is 11.8 Å². The molecule has 1 aromatic carbocycles. The quantitative estimate of drug-likeness (QED) is 0.498. The molecular weight excluding hydrogens is 412 g/mol. The predicted octanol–water partition coefficient (Wildman–Crippen LogP) is 3.82. The second-order valence-corrected chi connectivity index (χ2v) is 9.77. The van der Waals surface area contributed by atoms with Gasteiger partial charge < -0.3 is 14.2 Å². The molecule has 3 rings (SSSR count). The van der Waals surface area contributed by atoms with Crippen LogP contribution in [-0.2, 0) is 26.8 Å². The number of carbonyl (C=O) groups is 2. The van der Waals surface area contributed by atoms with E-state index in [1.54, 1.807) is 11.8 Å². The van der Waals surface area contributed by atoms with Crippen LogP contribution in [0.5, 0.6) is 0 Å². The first-order valence-corrected chi connectivity index (χ1v) is 11.8. The highest BCUT2D eigenvalue weighted by Gasteiger charge is 2.33. The maximum atomic E-state index is 12.8. The normalized spacial score (nSPS) is 16.9. The summed E-state index contributed by atoms with van der Waals surface area (Å²) in [6, 6.07) is 7.88. The van der Waals surface area contributed by atoms with Crippen molar-refractivity contribution >= 4 is 23.6 Å². The summed E-state index contributed by atoms with van der Waals surface area (Å²) >= 11 is 1.34. The Morgan fingerprint density at radius 2 is 1.87 bits per heavy atom. The molecule has 0 spiro atoms. The van der Waals surface area contributed by atoms with Crippen molar-refractivity contribution in [3.63, 3.8) is 0 Å². The Balaban J connectivity index is 1.67. The molecule has 1 atom stereocenters. The number of thioether (sulfide) groups is 1. The van der Waals surface area contributed by atoms with E-state index in [1.807, 2.05) is 11.6 Å². The number of benzene rings is 1. The van der Waals surface area contributed by atoms with Gasteiger partial charge in [-0.15, -0.1) is 10.2 Å². The third-order valence-electron chi connectivity index (χ3n) is 5.55. The molecule has 1 saturated heterocycles. The molecule has 2 heterocycles. The Kier molecular flexibility index (Phi) is 7.41. The van der Waals surface area contributed by atoms with Crippen LogP contribution in [-0.4, -0.2) is 56.5 Å². The van der Waals surface area contributed by atoms with Crippen LogP contribution in [0.1, 0.15) is 52.5 Å². The van der Waals surface area contributed by atoms with Gasteiger partial charge in [0.25, 0.3) is 0 Å². The lowest BCUT2D eigenvalue weighted by Crippen LogP contribution is -2.49. The first-order valence-electron chi connectivity index (χ1n) is 10.8. The highest BCUT2D eigenvalue weighted by atomic mass is 32.2. The average molecular weight is 445 g/mol. The minimum Gasteiger partial charge on any atom is -0.464 e. The van der Waals surface area contributed by atoms with E-state index in [-0.39, 0.29) is 23.0 Å². The predicted molar refractivity (Wildman–Crippen MR) is 122 cm³/mol. The zero-order valence-electron chi connectivity index (χ0n) is 19.1. The van der Waals surface area contributed by atoms with Crippen LogP contribution in [0.3, 0.4) is 0 Å². The van der Waals surface area contributed by atoms with Crippen LogP contribution < -0.4 is 0 Å². The van der Waals surface area contributed by atoms with Crippen molar-refractivity contribution in [2.45, 2.75) is 63.6 Å². The van der Waals surface area contributed by atoms with E-state index < -0.39 is 6.04 Å². The minimum atomic E-state index is -0.474. The maximum absolute atomic E-state index is 12.8. The molecule has 1 amide bonds. The number of ether oxygens (including phenoxy) is 1. The Morgan fingerprint density at radius 1 is 1.16 bits per heavy atom. The van der Waals surface area contributed by atoms with E-state index in [4.69, 9.17) is 4.74 Å². The smallest absolute Gasteiger partial charge is 0.328 e. The number of hydrogen-bond acceptors (Lipinski definition) is 6. The van der Waals surface area contributed by atoms with Gasteiger partial charge in [-0.2, -0.15) is 0 Å². The first-order chi connectivity index (χ1) is 14.7. The SMILES string of the molecule is CCOC(=O)C1CCCCN1C(=O)CSc1nnc(-c2ccc(C(C)(C)C)cc2)n1C. The standard InChI is InChI=1S/C23H32N4O3S/c1-6-30-21(29)18-9-7-8-14-27(18)19(28)15-31-22-25-24-20(26(22)5)16-10-12-17(13-11-16)23(2,3)4/h10-13,18H,6-9,14-15H2,1-5H3. The summed E-state index contributed by atoms with van der Waals surface area (Å²) < 4.78 is 7.07. The van der Waals surface area contributed by atoms with E-state index >= 15 is 0 Å². The highest BCUT2D eigenvalue weighted by Crippen LogP contribution is 2.27. The van der Waals surface area contributed by atoms with Crippen LogP contribution in [0, 0.1) is 0 Å². The Labute approximate surface area is 188 Å². The number of hydrogen-bond donors (Lipinski definition) is 0. The molecule has 1 aliphatic rings. The van der Waals surface area contributed by atoms with E-state index in [9.17, 15) is 9.59 Å². The Hall–Kier alpha value is -2.35. The number of likely N-dealkylation sites (tertiary alicyclic amines) is 1. The molecule has 7 nitrogen and oxygen atoms in total. The van der Waals surface area contributed by atoms with Crippen molar-refractivity contribution in [2.24, 2.45) is 7.05 Å². The van der Waals surface area contributed by atoms with Crippen molar-refractivity contribution in [1.29, 1.82) is 0 Å². The van der Waals surface area contributed by atoms with Gasteiger partial charge >= 0.3 is 5.97 Å². The molecule has 31 heavy (non-hydrogen) atoms. The summed E-state index contributed by atoms with van der Waals surface area (Å²) in [7, 11) is 1.90. The Bertz CT molecular complexity index is 918. The lowest BCUT2D eigenvalue weighted by molar-refractivity contribution is -0.155. The molecule has 1 unspecified atom stereocenters. The lowest BCUT2D eigenvalue weighted by atomic mass is 9.87. The largest absolute Gasteiger partial charge is 0.464 e.